The molecule has 100 valence electrons. The number of likely N-dealkylation sites (N-methyl/N-ethyl adjacent to an activating group) is 1. The number of rotatable bonds is 2. The number of nitrogens with zero attached hydrogens (tertiary/aromatic N) is 1. The summed E-state index contributed by atoms with van der Waals surface area (Å²) in [4.78, 5) is 37.1. The van der Waals surface area contributed by atoms with Gasteiger partial charge in [-0.05, 0) is 13.0 Å². The predicted octanol–water partition coefficient (Wildman–Crippen LogP) is 1.57. The van der Waals surface area contributed by atoms with Crippen LogP contribution in [0.1, 0.15) is 12.5 Å². The quantitative estimate of drug-likeness (QED) is 0.776. The van der Waals surface area contributed by atoms with E-state index in [2.05, 4.69) is 0 Å². The van der Waals surface area contributed by atoms with Gasteiger partial charge in [0.25, 0.3) is 11.8 Å². The topological polar surface area (TPSA) is 67.6 Å². The second kappa shape index (κ2) is 4.45. The van der Waals surface area contributed by atoms with Crippen LogP contribution in [0, 0.1) is 0 Å². The van der Waals surface area contributed by atoms with Crippen LogP contribution in [0.2, 0.25) is 0 Å². The van der Waals surface area contributed by atoms with Gasteiger partial charge in [-0.15, -0.1) is 0 Å². The zero-order valence-electron chi connectivity index (χ0n) is 10.8. The maximum atomic E-state index is 12.2. The van der Waals surface area contributed by atoms with E-state index in [4.69, 9.17) is 4.42 Å². The average molecular weight is 269 g/mol. The van der Waals surface area contributed by atoms with E-state index in [-0.39, 0.29) is 22.8 Å². The standard InChI is InChI=1S/C15H11NO4/c1-2-16-13(18)8-10(15(16)19)9-4-3-5-12-14(9)11(17)6-7-20-12/h3-8H,2H2,1H3. The van der Waals surface area contributed by atoms with E-state index in [9.17, 15) is 14.4 Å². The van der Waals surface area contributed by atoms with Crippen molar-refractivity contribution in [2.24, 2.45) is 0 Å². The highest BCUT2D eigenvalue weighted by Crippen LogP contribution is 2.27. The Hall–Kier alpha value is -2.69. The van der Waals surface area contributed by atoms with Crippen molar-refractivity contribution >= 4 is 28.4 Å². The molecule has 2 heterocycles. The van der Waals surface area contributed by atoms with E-state index in [0.717, 1.165) is 4.90 Å². The number of amides is 2. The molecule has 2 aromatic rings. The first-order valence-electron chi connectivity index (χ1n) is 6.22. The zero-order valence-corrected chi connectivity index (χ0v) is 10.8. The third kappa shape index (κ3) is 1.67. The molecule has 0 unspecified atom stereocenters. The van der Waals surface area contributed by atoms with E-state index < -0.39 is 0 Å². The van der Waals surface area contributed by atoms with Crippen LogP contribution in [0.4, 0.5) is 0 Å². The Morgan fingerprint density at radius 2 is 1.95 bits per heavy atom. The van der Waals surface area contributed by atoms with Crippen molar-refractivity contribution in [3.8, 4) is 0 Å². The molecule has 0 saturated carbocycles. The Labute approximate surface area is 114 Å². The lowest BCUT2D eigenvalue weighted by molar-refractivity contribution is -0.136. The molecule has 0 bridgehead atoms. The first kappa shape index (κ1) is 12.3. The fraction of sp³-hybridized carbons (Fsp3) is 0.133. The summed E-state index contributed by atoms with van der Waals surface area (Å²) in [7, 11) is 0. The van der Waals surface area contributed by atoms with Gasteiger partial charge >= 0.3 is 0 Å². The molecule has 2 amide bonds. The van der Waals surface area contributed by atoms with Crippen LogP contribution in [0.5, 0.6) is 0 Å². The van der Waals surface area contributed by atoms with Crippen molar-refractivity contribution < 1.29 is 14.0 Å². The fourth-order valence-electron chi connectivity index (χ4n) is 2.36. The molecule has 0 aliphatic carbocycles. The molecule has 1 aromatic carbocycles. The van der Waals surface area contributed by atoms with Crippen molar-refractivity contribution in [1.29, 1.82) is 0 Å². The van der Waals surface area contributed by atoms with Crippen LogP contribution < -0.4 is 5.43 Å². The lowest BCUT2D eigenvalue weighted by atomic mass is 10.0. The van der Waals surface area contributed by atoms with Crippen LogP contribution in [-0.2, 0) is 9.59 Å². The summed E-state index contributed by atoms with van der Waals surface area (Å²) in [5.74, 6) is -0.738. The number of hydrogen-bond acceptors (Lipinski definition) is 4. The van der Waals surface area contributed by atoms with Gasteiger partial charge in [-0.1, -0.05) is 12.1 Å². The van der Waals surface area contributed by atoms with Crippen molar-refractivity contribution in [3.63, 3.8) is 0 Å². The number of benzene rings is 1. The second-order valence-corrected chi connectivity index (χ2v) is 4.41. The summed E-state index contributed by atoms with van der Waals surface area (Å²) in [6, 6.07) is 6.29. The molecule has 0 N–H and O–H groups in total. The lowest BCUT2D eigenvalue weighted by Crippen LogP contribution is -2.30. The molecule has 0 fully saturated rings. The molecule has 0 spiro atoms. The van der Waals surface area contributed by atoms with Gasteiger partial charge in [0.1, 0.15) is 5.58 Å². The predicted molar refractivity (Wildman–Crippen MR) is 72.9 cm³/mol. The minimum atomic E-state index is -0.381. The fourth-order valence-corrected chi connectivity index (χ4v) is 2.36. The van der Waals surface area contributed by atoms with E-state index in [0.29, 0.717) is 23.1 Å². The van der Waals surface area contributed by atoms with Crippen molar-refractivity contribution in [3.05, 3.63) is 52.4 Å². The summed E-state index contributed by atoms with van der Waals surface area (Å²) in [5, 5.41) is 0.320. The Bertz CT molecular complexity index is 811. The maximum absolute atomic E-state index is 12.2. The van der Waals surface area contributed by atoms with Gasteiger partial charge in [-0.25, -0.2) is 0 Å². The number of carbonyl (C=O) groups excluding carboxylic acids is 2. The van der Waals surface area contributed by atoms with Crippen molar-refractivity contribution in [1.82, 2.24) is 4.90 Å². The highest BCUT2D eigenvalue weighted by Gasteiger charge is 2.31. The summed E-state index contributed by atoms with van der Waals surface area (Å²) in [6.07, 6.45) is 2.58. The molecule has 0 radical (unpaired) electrons. The number of hydrogen-bond donors (Lipinski definition) is 0. The molecule has 5 nitrogen and oxygen atoms in total. The highest BCUT2D eigenvalue weighted by molar-refractivity contribution is 6.34. The third-order valence-corrected chi connectivity index (χ3v) is 3.30. The first-order valence-corrected chi connectivity index (χ1v) is 6.22. The van der Waals surface area contributed by atoms with E-state index in [1.165, 1.54) is 18.4 Å². The number of fused-ring (bicyclic) bond motifs is 1. The van der Waals surface area contributed by atoms with E-state index in [1.54, 1.807) is 25.1 Å². The van der Waals surface area contributed by atoms with Crippen molar-refractivity contribution in [2.45, 2.75) is 6.92 Å². The number of carbonyl (C=O) groups is 2. The molecule has 3 rings (SSSR count). The Morgan fingerprint density at radius 3 is 2.65 bits per heavy atom. The minimum Gasteiger partial charge on any atom is -0.464 e. The molecule has 0 saturated heterocycles. The molecular weight excluding hydrogens is 258 g/mol. The third-order valence-electron chi connectivity index (χ3n) is 3.30. The van der Waals surface area contributed by atoms with Gasteiger partial charge in [0.05, 0.1) is 17.2 Å². The molecular formula is C15H11NO4. The molecule has 5 heteroatoms. The molecule has 0 atom stereocenters. The minimum absolute atomic E-state index is 0.237. The highest BCUT2D eigenvalue weighted by atomic mass is 16.3. The van der Waals surface area contributed by atoms with Gasteiger partial charge in [0.2, 0.25) is 0 Å². The Morgan fingerprint density at radius 1 is 1.15 bits per heavy atom. The Kier molecular flexibility index (Phi) is 2.75. The van der Waals surface area contributed by atoms with Gasteiger partial charge in [-0.2, -0.15) is 0 Å². The lowest BCUT2D eigenvalue weighted by Gasteiger charge is -2.11. The first-order chi connectivity index (χ1) is 9.63. The monoisotopic (exact) mass is 269 g/mol. The molecule has 20 heavy (non-hydrogen) atoms. The van der Waals surface area contributed by atoms with Crippen LogP contribution in [0.15, 0.2) is 45.8 Å². The van der Waals surface area contributed by atoms with Crippen LogP contribution in [-0.4, -0.2) is 23.3 Å². The molecule has 1 aliphatic rings. The van der Waals surface area contributed by atoms with E-state index in [1.807, 2.05) is 0 Å². The molecule has 1 aromatic heterocycles. The van der Waals surface area contributed by atoms with Gasteiger partial charge in [-0.3, -0.25) is 19.3 Å². The van der Waals surface area contributed by atoms with Crippen LogP contribution in [0.25, 0.3) is 16.5 Å². The van der Waals surface area contributed by atoms with Gasteiger partial charge in [0, 0.05) is 24.3 Å². The summed E-state index contributed by atoms with van der Waals surface area (Å²) in [5.41, 5.74) is 0.830. The van der Waals surface area contributed by atoms with Crippen molar-refractivity contribution in [2.75, 3.05) is 6.54 Å². The SMILES string of the molecule is CCN1C(=O)C=C(c2cccc3occc(=O)c23)C1=O. The maximum Gasteiger partial charge on any atom is 0.261 e. The molecule has 1 aliphatic heterocycles. The smallest absolute Gasteiger partial charge is 0.261 e. The van der Waals surface area contributed by atoms with Crippen LogP contribution in [0.3, 0.4) is 0 Å². The van der Waals surface area contributed by atoms with E-state index >= 15 is 0 Å². The largest absolute Gasteiger partial charge is 0.464 e. The summed E-state index contributed by atoms with van der Waals surface area (Å²) >= 11 is 0. The normalized spacial score (nSPS) is 15.1. The van der Waals surface area contributed by atoms with Gasteiger partial charge < -0.3 is 4.42 Å². The zero-order chi connectivity index (χ0) is 14.3. The average Bonchev–Trinajstić information content (AvgIpc) is 2.73. The van der Waals surface area contributed by atoms with Crippen LogP contribution >= 0.6 is 0 Å². The summed E-state index contributed by atoms with van der Waals surface area (Å²) < 4.78 is 5.27. The Balaban J connectivity index is 2.27. The second-order valence-electron chi connectivity index (χ2n) is 4.41. The summed E-state index contributed by atoms with van der Waals surface area (Å²) in [6.45, 7) is 2.03. The van der Waals surface area contributed by atoms with Gasteiger partial charge in [0.15, 0.2) is 5.43 Å². The number of imide groups is 1.